The molecule has 1 fully saturated rings. The molecule has 0 amide bonds. The van der Waals surface area contributed by atoms with E-state index in [-0.39, 0.29) is 0 Å². The highest BCUT2D eigenvalue weighted by Gasteiger charge is 2.21. The molecule has 0 unspecified atom stereocenters. The average molecular weight is 229 g/mol. The minimum absolute atomic E-state index is 0.574. The molecule has 1 saturated carbocycles. The van der Waals surface area contributed by atoms with Gasteiger partial charge in [-0.05, 0) is 44.2 Å². The number of hydrogen-bond donors (Lipinski definition) is 1. The van der Waals surface area contributed by atoms with Gasteiger partial charge in [-0.15, -0.1) is 0 Å². The van der Waals surface area contributed by atoms with Crippen LogP contribution in [0.25, 0.3) is 10.9 Å². The van der Waals surface area contributed by atoms with Crippen LogP contribution in [-0.2, 0) is 0 Å². The van der Waals surface area contributed by atoms with Gasteiger partial charge in [0.05, 0.1) is 11.6 Å². The van der Waals surface area contributed by atoms with Crippen molar-refractivity contribution in [1.29, 1.82) is 0 Å². The molecule has 3 rings (SSSR count). The van der Waals surface area contributed by atoms with Gasteiger partial charge in [-0.2, -0.15) is 5.10 Å². The molecule has 2 N–H and O–H groups in total. The summed E-state index contributed by atoms with van der Waals surface area (Å²) in [5.74, 6) is 0.733. The fourth-order valence-electron chi connectivity index (χ4n) is 2.82. The Labute approximate surface area is 102 Å². The molecule has 17 heavy (non-hydrogen) atoms. The fourth-order valence-corrected chi connectivity index (χ4v) is 2.82. The molecule has 2 aromatic rings. The lowest BCUT2D eigenvalue weighted by Gasteiger charge is -2.27. The third-order valence-corrected chi connectivity index (χ3v) is 3.96. The second-order valence-electron chi connectivity index (χ2n) is 5.08. The van der Waals surface area contributed by atoms with Crippen LogP contribution in [0.15, 0.2) is 30.5 Å². The standard InChI is InChI=1S/C14H19N3/c15-9-11-5-7-13(8-6-11)17-10-12-3-1-2-4-14(12)16-17/h1-4,10-11,13H,5-9,15H2. The molecule has 1 aromatic carbocycles. The summed E-state index contributed by atoms with van der Waals surface area (Å²) in [5.41, 5.74) is 6.83. The summed E-state index contributed by atoms with van der Waals surface area (Å²) >= 11 is 0. The quantitative estimate of drug-likeness (QED) is 0.860. The van der Waals surface area contributed by atoms with Crippen LogP contribution in [0, 0.1) is 5.92 Å². The minimum Gasteiger partial charge on any atom is -0.330 e. The summed E-state index contributed by atoms with van der Waals surface area (Å²) in [6, 6.07) is 8.90. The Morgan fingerprint density at radius 2 is 1.94 bits per heavy atom. The predicted molar refractivity (Wildman–Crippen MR) is 69.8 cm³/mol. The van der Waals surface area contributed by atoms with Crippen LogP contribution >= 0.6 is 0 Å². The summed E-state index contributed by atoms with van der Waals surface area (Å²) in [6.07, 6.45) is 7.11. The van der Waals surface area contributed by atoms with E-state index >= 15 is 0 Å². The Balaban J connectivity index is 1.80. The van der Waals surface area contributed by atoms with Crippen molar-refractivity contribution in [2.45, 2.75) is 31.7 Å². The van der Waals surface area contributed by atoms with Gasteiger partial charge in [0.1, 0.15) is 0 Å². The van der Waals surface area contributed by atoms with E-state index in [0.717, 1.165) is 18.0 Å². The van der Waals surface area contributed by atoms with Crippen LogP contribution in [0.4, 0.5) is 0 Å². The van der Waals surface area contributed by atoms with Gasteiger partial charge < -0.3 is 5.73 Å². The zero-order valence-electron chi connectivity index (χ0n) is 10.0. The normalized spacial score (nSPS) is 25.2. The van der Waals surface area contributed by atoms with Gasteiger partial charge in [0.2, 0.25) is 0 Å². The van der Waals surface area contributed by atoms with Crippen LogP contribution < -0.4 is 5.73 Å². The summed E-state index contributed by atoms with van der Waals surface area (Å²) < 4.78 is 2.16. The SMILES string of the molecule is NCC1CCC(n2cc3ccccc3n2)CC1. The van der Waals surface area contributed by atoms with E-state index in [1.807, 2.05) is 6.07 Å². The van der Waals surface area contributed by atoms with Crippen LogP contribution in [0.1, 0.15) is 31.7 Å². The molecule has 0 aliphatic heterocycles. The first-order valence-corrected chi connectivity index (χ1v) is 6.51. The molecule has 1 aliphatic rings. The van der Waals surface area contributed by atoms with Crippen LogP contribution in [-0.4, -0.2) is 16.3 Å². The van der Waals surface area contributed by atoms with Crippen LogP contribution in [0.3, 0.4) is 0 Å². The molecule has 3 heteroatoms. The number of rotatable bonds is 2. The second kappa shape index (κ2) is 4.49. The zero-order chi connectivity index (χ0) is 11.7. The first kappa shape index (κ1) is 10.8. The van der Waals surface area contributed by atoms with Crippen molar-refractivity contribution in [3.8, 4) is 0 Å². The maximum atomic E-state index is 5.73. The maximum Gasteiger partial charge on any atom is 0.0923 e. The van der Waals surface area contributed by atoms with Crippen LogP contribution in [0.2, 0.25) is 0 Å². The highest BCUT2D eigenvalue weighted by molar-refractivity contribution is 5.77. The van der Waals surface area contributed by atoms with Gasteiger partial charge in [0, 0.05) is 11.6 Å². The molecule has 0 radical (unpaired) electrons. The molecule has 0 atom stereocenters. The van der Waals surface area contributed by atoms with Gasteiger partial charge in [-0.1, -0.05) is 18.2 Å². The van der Waals surface area contributed by atoms with Crippen molar-refractivity contribution in [2.75, 3.05) is 6.54 Å². The van der Waals surface area contributed by atoms with Gasteiger partial charge in [-0.25, -0.2) is 0 Å². The lowest BCUT2D eigenvalue weighted by Crippen LogP contribution is -2.23. The van der Waals surface area contributed by atoms with Crippen molar-refractivity contribution < 1.29 is 0 Å². The zero-order valence-corrected chi connectivity index (χ0v) is 10.0. The van der Waals surface area contributed by atoms with E-state index in [1.165, 1.54) is 31.1 Å². The van der Waals surface area contributed by atoms with E-state index in [0.29, 0.717) is 6.04 Å². The van der Waals surface area contributed by atoms with E-state index in [9.17, 15) is 0 Å². The summed E-state index contributed by atoms with van der Waals surface area (Å²) in [6.45, 7) is 0.841. The number of aromatic nitrogens is 2. The molecule has 90 valence electrons. The molecule has 0 bridgehead atoms. The Morgan fingerprint density at radius 3 is 2.65 bits per heavy atom. The van der Waals surface area contributed by atoms with Crippen molar-refractivity contribution in [3.63, 3.8) is 0 Å². The van der Waals surface area contributed by atoms with Gasteiger partial charge in [0.25, 0.3) is 0 Å². The van der Waals surface area contributed by atoms with E-state index in [2.05, 4.69) is 34.2 Å². The first-order valence-electron chi connectivity index (χ1n) is 6.51. The van der Waals surface area contributed by atoms with Crippen molar-refractivity contribution in [2.24, 2.45) is 11.7 Å². The smallest absolute Gasteiger partial charge is 0.0923 e. The molecular formula is C14H19N3. The molecule has 1 aliphatic carbocycles. The molecule has 3 nitrogen and oxygen atoms in total. The Kier molecular flexibility index (Phi) is 2.85. The topological polar surface area (TPSA) is 43.8 Å². The minimum atomic E-state index is 0.574. The Bertz CT molecular complexity index is 462. The number of fused-ring (bicyclic) bond motifs is 1. The summed E-state index contributed by atoms with van der Waals surface area (Å²) in [4.78, 5) is 0. The lowest BCUT2D eigenvalue weighted by atomic mass is 9.86. The van der Waals surface area contributed by atoms with E-state index < -0.39 is 0 Å². The highest BCUT2D eigenvalue weighted by Crippen LogP contribution is 2.31. The second-order valence-corrected chi connectivity index (χ2v) is 5.08. The monoisotopic (exact) mass is 229 g/mol. The van der Waals surface area contributed by atoms with Gasteiger partial charge in [-0.3, -0.25) is 4.68 Å². The summed E-state index contributed by atoms with van der Waals surface area (Å²) in [7, 11) is 0. The van der Waals surface area contributed by atoms with Gasteiger partial charge >= 0.3 is 0 Å². The summed E-state index contributed by atoms with van der Waals surface area (Å²) in [5, 5.41) is 5.92. The number of benzene rings is 1. The molecular weight excluding hydrogens is 210 g/mol. The largest absolute Gasteiger partial charge is 0.330 e. The number of hydrogen-bond acceptors (Lipinski definition) is 2. The van der Waals surface area contributed by atoms with Gasteiger partial charge in [0.15, 0.2) is 0 Å². The van der Waals surface area contributed by atoms with Crippen molar-refractivity contribution >= 4 is 10.9 Å². The maximum absolute atomic E-state index is 5.73. The fraction of sp³-hybridized carbons (Fsp3) is 0.500. The lowest BCUT2D eigenvalue weighted by molar-refractivity contribution is 0.266. The Hall–Kier alpha value is -1.35. The van der Waals surface area contributed by atoms with Crippen molar-refractivity contribution in [1.82, 2.24) is 9.78 Å². The number of nitrogens with zero attached hydrogens (tertiary/aromatic N) is 2. The first-order chi connectivity index (χ1) is 8.36. The molecule has 1 aromatic heterocycles. The highest BCUT2D eigenvalue weighted by atomic mass is 15.3. The number of nitrogens with two attached hydrogens (primary N) is 1. The van der Waals surface area contributed by atoms with E-state index in [1.54, 1.807) is 0 Å². The molecule has 1 heterocycles. The average Bonchev–Trinajstić information content (AvgIpc) is 2.82. The Morgan fingerprint density at radius 1 is 1.18 bits per heavy atom. The van der Waals surface area contributed by atoms with E-state index in [4.69, 9.17) is 5.73 Å². The van der Waals surface area contributed by atoms with Crippen LogP contribution in [0.5, 0.6) is 0 Å². The third kappa shape index (κ3) is 2.07. The molecule has 0 spiro atoms. The predicted octanol–water partition coefficient (Wildman–Crippen LogP) is 2.73. The molecule has 0 saturated heterocycles. The van der Waals surface area contributed by atoms with Crippen molar-refractivity contribution in [3.05, 3.63) is 30.5 Å². The third-order valence-electron chi connectivity index (χ3n) is 3.96.